The number of ether oxygens (including phenoxy) is 10. The molecule has 460 valence electrons. The molecule has 1 aliphatic rings. The van der Waals surface area contributed by atoms with Crippen LogP contribution < -0.4 is 30.3 Å². The second-order valence-corrected chi connectivity index (χ2v) is 20.3. The van der Waals surface area contributed by atoms with Gasteiger partial charge < -0.3 is 63.1 Å². The third kappa shape index (κ3) is 26.8. The van der Waals surface area contributed by atoms with Crippen molar-refractivity contribution in [1.82, 2.24) is 15.6 Å². The van der Waals surface area contributed by atoms with Crippen molar-refractivity contribution >= 4 is 45.7 Å². The normalized spacial score (nSPS) is 12.2. The van der Waals surface area contributed by atoms with Crippen LogP contribution in [0.25, 0.3) is 0 Å². The number of benzene rings is 3. The van der Waals surface area contributed by atoms with Crippen LogP contribution >= 0.6 is 0 Å². The van der Waals surface area contributed by atoms with Gasteiger partial charge in [-0.1, -0.05) is 30.3 Å². The SMILES string of the molecule is C=CCc1c(OCCCCCOc2cccc(OCCCC(=O)NCCOCCOCCOCCOCCOCCOCCOCCNC(=O)c3ccc(N/N=C/c4ccccc4S(=O)(=O)O)nc3)c2CCC(=O)O)ccc2c1CCCC2=O. The largest absolute Gasteiger partial charge is 0.493 e. The number of fused-ring (bicyclic) bond motifs is 1. The van der Waals surface area contributed by atoms with Crippen LogP contribution in [0, 0.1) is 0 Å². The molecule has 5 rings (SSSR count). The second-order valence-electron chi connectivity index (χ2n) is 18.9. The summed E-state index contributed by atoms with van der Waals surface area (Å²) >= 11 is 0. The highest BCUT2D eigenvalue weighted by molar-refractivity contribution is 7.86. The van der Waals surface area contributed by atoms with Gasteiger partial charge in [0.05, 0.1) is 124 Å². The Morgan fingerprint density at radius 3 is 1.74 bits per heavy atom. The van der Waals surface area contributed by atoms with Crippen molar-refractivity contribution in [1.29, 1.82) is 0 Å². The molecule has 1 aliphatic carbocycles. The van der Waals surface area contributed by atoms with E-state index in [-0.39, 0.29) is 67.1 Å². The average Bonchev–Trinajstić information content (AvgIpc) is 3.07. The molecule has 0 unspecified atom stereocenters. The van der Waals surface area contributed by atoms with Gasteiger partial charge in [-0.15, -0.1) is 6.58 Å². The molecule has 0 bridgehead atoms. The number of nitrogens with zero attached hydrogens (tertiary/aromatic N) is 2. The minimum Gasteiger partial charge on any atom is -0.493 e. The molecule has 2 amide bonds. The van der Waals surface area contributed by atoms with Gasteiger partial charge in [-0.3, -0.25) is 29.2 Å². The molecule has 0 atom stereocenters. The maximum Gasteiger partial charge on any atom is 0.303 e. The van der Waals surface area contributed by atoms with Gasteiger partial charge in [0.25, 0.3) is 16.0 Å². The van der Waals surface area contributed by atoms with Crippen LogP contribution in [0.1, 0.15) is 94.3 Å². The molecule has 1 aromatic heterocycles. The van der Waals surface area contributed by atoms with Crippen molar-refractivity contribution in [3.63, 3.8) is 0 Å². The van der Waals surface area contributed by atoms with Crippen molar-refractivity contribution in [2.24, 2.45) is 5.10 Å². The summed E-state index contributed by atoms with van der Waals surface area (Å²) in [7, 11) is -4.41. The summed E-state index contributed by atoms with van der Waals surface area (Å²) in [6.45, 7) is 11.1. The number of amides is 2. The lowest BCUT2D eigenvalue weighted by Crippen LogP contribution is -2.27. The summed E-state index contributed by atoms with van der Waals surface area (Å²) in [6.07, 6.45) is 10.7. The summed E-state index contributed by atoms with van der Waals surface area (Å²) in [4.78, 5) is 52.6. The van der Waals surface area contributed by atoms with Crippen LogP contribution in [-0.2, 0) is 72.1 Å². The number of hydrogen-bond acceptors (Lipinski definition) is 19. The summed E-state index contributed by atoms with van der Waals surface area (Å²) in [5.41, 5.74) is 6.79. The number of nitrogens with one attached hydrogen (secondary N) is 3. The lowest BCUT2D eigenvalue weighted by molar-refractivity contribution is -0.137. The number of pyridine rings is 1. The molecule has 23 nitrogen and oxygen atoms in total. The molecule has 0 saturated carbocycles. The first-order chi connectivity index (χ1) is 40.9. The minimum absolute atomic E-state index is 0.0814. The zero-order chi connectivity index (χ0) is 59.9. The number of Topliss-reactive ketones (excluding diaryl/α,β-unsaturated/α-hetero) is 1. The molecule has 24 heteroatoms. The fraction of sp³-hybridized carbons (Fsp3) is 0.500. The summed E-state index contributed by atoms with van der Waals surface area (Å²) in [6, 6.07) is 18.1. The van der Waals surface area contributed by atoms with Crippen LogP contribution in [0.5, 0.6) is 17.2 Å². The fourth-order valence-corrected chi connectivity index (χ4v) is 9.10. The Bertz CT molecular complexity index is 2770. The number of ketones is 1. The number of carboxylic acid groups (broad SMARTS) is 1. The standard InChI is InChI=1S/C60H81N5O18S/c1-2-11-50-48-13-8-14-52(66)49(48)20-22-55(50)82-28-7-3-6-27-81-53-15-9-16-54(51(53)21-24-59(68)69)83-29-10-18-58(67)61-25-30-74-32-34-76-36-38-78-40-42-80-43-41-79-39-37-77-35-33-75-31-26-62-60(70)47-19-23-57(63-44-47)65-64-45-46-12-4-5-17-56(46)84(71,72)73/h2,4-5,9,12,15-17,19-20,22-23,44-45H,1,3,6-8,10-11,13-14,18,21,24-43H2,(H,61,67)(H,62,70)(H,63,65)(H,68,69)(H,71,72,73)/b64-45+. The summed E-state index contributed by atoms with van der Waals surface area (Å²) in [5.74, 6) is 1.05. The Balaban J connectivity index is 0.761. The van der Waals surface area contributed by atoms with Crippen molar-refractivity contribution < 1.29 is 84.6 Å². The maximum absolute atomic E-state index is 12.4. The van der Waals surface area contributed by atoms with Crippen LogP contribution in [0.2, 0.25) is 0 Å². The van der Waals surface area contributed by atoms with Gasteiger partial charge in [-0.2, -0.15) is 13.5 Å². The number of carboxylic acids is 1. The molecule has 84 heavy (non-hydrogen) atoms. The number of aromatic nitrogens is 1. The van der Waals surface area contributed by atoms with E-state index in [0.717, 1.165) is 54.5 Å². The molecule has 0 radical (unpaired) electrons. The Morgan fingerprint density at radius 2 is 1.18 bits per heavy atom. The first-order valence-electron chi connectivity index (χ1n) is 28.4. The summed E-state index contributed by atoms with van der Waals surface area (Å²) in [5, 5.41) is 18.9. The minimum atomic E-state index is -4.41. The lowest BCUT2D eigenvalue weighted by atomic mass is 9.86. The van der Waals surface area contributed by atoms with E-state index in [1.807, 2.05) is 30.3 Å². The van der Waals surface area contributed by atoms with Gasteiger partial charge in [0.1, 0.15) is 28.0 Å². The zero-order valence-corrected chi connectivity index (χ0v) is 48.5. The number of hydrazone groups is 1. The van der Waals surface area contributed by atoms with Gasteiger partial charge in [0.15, 0.2) is 5.78 Å². The van der Waals surface area contributed by atoms with Crippen molar-refractivity contribution in [3.8, 4) is 17.2 Å². The van der Waals surface area contributed by atoms with Crippen LogP contribution in [0.15, 0.2) is 95.6 Å². The first-order valence-corrected chi connectivity index (χ1v) is 29.8. The second kappa shape index (κ2) is 40.4. The highest BCUT2D eigenvalue weighted by Crippen LogP contribution is 2.33. The topological polar surface area (TPSA) is 297 Å². The number of hydrogen-bond donors (Lipinski definition) is 5. The van der Waals surface area contributed by atoms with Crippen molar-refractivity contribution in [3.05, 3.63) is 119 Å². The third-order valence-electron chi connectivity index (χ3n) is 12.6. The smallest absolute Gasteiger partial charge is 0.303 e. The van der Waals surface area contributed by atoms with E-state index in [1.54, 1.807) is 18.2 Å². The highest BCUT2D eigenvalue weighted by atomic mass is 32.2. The Labute approximate surface area is 491 Å². The molecule has 0 aliphatic heterocycles. The molecule has 1 heterocycles. The Hall–Kier alpha value is -6.87. The molecule has 4 aromatic rings. The molecule has 0 spiro atoms. The lowest BCUT2D eigenvalue weighted by Gasteiger charge is -2.21. The van der Waals surface area contributed by atoms with Crippen LogP contribution in [0.4, 0.5) is 5.82 Å². The molecule has 3 aromatic carbocycles. The number of anilines is 1. The number of carbonyl (C=O) groups is 4. The van der Waals surface area contributed by atoms with Gasteiger partial charge in [0, 0.05) is 60.8 Å². The van der Waals surface area contributed by atoms with E-state index in [0.29, 0.717) is 153 Å². The van der Waals surface area contributed by atoms with E-state index < -0.39 is 16.1 Å². The Kier molecular flexibility index (Phi) is 32.7. The zero-order valence-electron chi connectivity index (χ0n) is 47.7. The van der Waals surface area contributed by atoms with Crippen molar-refractivity contribution in [2.75, 3.05) is 131 Å². The van der Waals surface area contributed by atoms with E-state index in [4.69, 9.17) is 47.4 Å². The monoisotopic (exact) mass is 1190 g/mol. The summed E-state index contributed by atoms with van der Waals surface area (Å²) < 4.78 is 89.4. The van der Waals surface area contributed by atoms with Gasteiger partial charge >= 0.3 is 5.97 Å². The number of unbranched alkanes of at least 4 members (excludes halogenated alkanes) is 2. The van der Waals surface area contributed by atoms with E-state index in [1.165, 1.54) is 36.7 Å². The molecule has 0 saturated heterocycles. The van der Waals surface area contributed by atoms with Gasteiger partial charge in [0.2, 0.25) is 5.91 Å². The molecule has 0 fully saturated rings. The third-order valence-corrected chi connectivity index (χ3v) is 13.5. The van der Waals surface area contributed by atoms with Crippen LogP contribution in [0.3, 0.4) is 0 Å². The van der Waals surface area contributed by atoms with Crippen molar-refractivity contribution in [2.45, 2.75) is 75.5 Å². The molecular formula is C60H81N5O18S. The number of aliphatic carboxylic acids is 1. The quantitative estimate of drug-likeness (QED) is 0.0104. The van der Waals surface area contributed by atoms with Gasteiger partial charge in [-0.05, 0) is 99.4 Å². The number of rotatable bonds is 47. The van der Waals surface area contributed by atoms with Crippen LogP contribution in [-0.4, -0.2) is 178 Å². The predicted molar refractivity (Wildman–Crippen MR) is 312 cm³/mol. The fourth-order valence-electron chi connectivity index (χ4n) is 8.43. The molecular weight excluding hydrogens is 1110 g/mol. The highest BCUT2D eigenvalue weighted by Gasteiger charge is 2.22. The number of allylic oxidation sites excluding steroid dienone is 1. The maximum atomic E-state index is 12.4. The Morgan fingerprint density at radius 1 is 0.619 bits per heavy atom. The van der Waals surface area contributed by atoms with E-state index in [2.05, 4.69) is 32.7 Å². The van der Waals surface area contributed by atoms with E-state index in [9.17, 15) is 37.3 Å². The number of carbonyl (C=O) groups excluding carboxylic acids is 3. The predicted octanol–water partition coefficient (Wildman–Crippen LogP) is 6.49. The average molecular weight is 1190 g/mol. The van der Waals surface area contributed by atoms with E-state index >= 15 is 0 Å². The van der Waals surface area contributed by atoms with Gasteiger partial charge in [-0.25, -0.2) is 4.98 Å². The molecule has 5 N–H and O–H groups in total. The first kappa shape index (κ1) is 67.9.